The zero-order chi connectivity index (χ0) is 18.4. The second-order valence-corrected chi connectivity index (χ2v) is 6.56. The van der Waals surface area contributed by atoms with Crippen LogP contribution < -0.4 is 5.32 Å². The molecule has 0 saturated carbocycles. The molecule has 3 aromatic rings. The molecule has 0 saturated heterocycles. The molecule has 3 rings (SSSR count). The van der Waals surface area contributed by atoms with E-state index in [0.29, 0.717) is 24.4 Å². The molecule has 26 heavy (non-hydrogen) atoms. The summed E-state index contributed by atoms with van der Waals surface area (Å²) in [5.74, 6) is 0.849. The predicted molar refractivity (Wildman–Crippen MR) is 102 cm³/mol. The number of benzene rings is 2. The van der Waals surface area contributed by atoms with Crippen molar-refractivity contribution in [1.82, 2.24) is 20.1 Å². The lowest BCUT2D eigenvalue weighted by Crippen LogP contribution is -2.28. The lowest BCUT2D eigenvalue weighted by atomic mass is 9.88. The van der Waals surface area contributed by atoms with E-state index >= 15 is 0 Å². The summed E-state index contributed by atoms with van der Waals surface area (Å²) in [7, 11) is 1.84. The number of amides is 1. The molecule has 0 aliphatic rings. The fourth-order valence-electron chi connectivity index (χ4n) is 2.93. The minimum Gasteiger partial charge on any atom is -0.356 e. The molecule has 1 N–H and O–H groups in total. The number of halogens is 1. The van der Waals surface area contributed by atoms with E-state index in [1.807, 2.05) is 61.6 Å². The van der Waals surface area contributed by atoms with Crippen molar-refractivity contribution in [1.29, 1.82) is 0 Å². The van der Waals surface area contributed by atoms with Crippen LogP contribution in [0.5, 0.6) is 0 Å². The van der Waals surface area contributed by atoms with Crippen LogP contribution >= 0.6 is 11.6 Å². The van der Waals surface area contributed by atoms with Gasteiger partial charge in [-0.05, 0) is 23.3 Å². The van der Waals surface area contributed by atoms with Crippen molar-refractivity contribution in [3.63, 3.8) is 0 Å². The highest BCUT2D eigenvalue weighted by atomic mass is 35.5. The highest BCUT2D eigenvalue weighted by molar-refractivity contribution is 6.30. The molecule has 0 bridgehead atoms. The van der Waals surface area contributed by atoms with Crippen molar-refractivity contribution < 1.29 is 4.79 Å². The third-order valence-corrected chi connectivity index (χ3v) is 4.59. The third-order valence-electron chi connectivity index (χ3n) is 4.34. The lowest BCUT2D eigenvalue weighted by molar-refractivity contribution is -0.121. The molecule has 134 valence electrons. The number of nitrogens with one attached hydrogen (secondary N) is 1. The Morgan fingerprint density at radius 3 is 2.46 bits per heavy atom. The van der Waals surface area contributed by atoms with E-state index < -0.39 is 0 Å². The van der Waals surface area contributed by atoms with Gasteiger partial charge in [0.2, 0.25) is 5.91 Å². The third kappa shape index (κ3) is 4.70. The molecule has 0 spiro atoms. The van der Waals surface area contributed by atoms with E-state index in [-0.39, 0.29) is 11.8 Å². The number of carbonyl (C=O) groups excluding carboxylic acids is 1. The van der Waals surface area contributed by atoms with Crippen molar-refractivity contribution in [2.24, 2.45) is 7.05 Å². The minimum absolute atomic E-state index is 0.0102. The lowest BCUT2D eigenvalue weighted by Gasteiger charge is -2.18. The Labute approximate surface area is 158 Å². The van der Waals surface area contributed by atoms with Crippen LogP contribution in [0.3, 0.4) is 0 Å². The predicted octanol–water partition coefficient (Wildman–Crippen LogP) is 3.35. The fourth-order valence-corrected chi connectivity index (χ4v) is 3.05. The van der Waals surface area contributed by atoms with Crippen LogP contribution in [-0.4, -0.2) is 27.2 Å². The maximum absolute atomic E-state index is 12.5. The van der Waals surface area contributed by atoms with E-state index in [1.165, 1.54) is 6.33 Å². The first kappa shape index (κ1) is 18.1. The molecular weight excluding hydrogens is 348 g/mol. The maximum Gasteiger partial charge on any atom is 0.220 e. The van der Waals surface area contributed by atoms with Gasteiger partial charge in [-0.15, -0.1) is 0 Å². The van der Waals surface area contributed by atoms with Gasteiger partial charge in [-0.3, -0.25) is 9.48 Å². The second kappa shape index (κ2) is 8.63. The number of aryl methyl sites for hydroxylation is 1. The summed E-state index contributed by atoms with van der Waals surface area (Å²) < 4.78 is 1.71. The van der Waals surface area contributed by atoms with Crippen LogP contribution in [0.1, 0.15) is 29.3 Å². The Morgan fingerprint density at radius 1 is 1.12 bits per heavy atom. The molecular formula is C20H21ClN4O. The van der Waals surface area contributed by atoms with Crippen LogP contribution in [0.2, 0.25) is 5.02 Å². The molecule has 6 heteroatoms. The minimum atomic E-state index is -0.0108. The Bertz CT molecular complexity index is 846. The molecule has 0 aliphatic carbocycles. The van der Waals surface area contributed by atoms with Gasteiger partial charge in [-0.25, -0.2) is 4.98 Å². The van der Waals surface area contributed by atoms with E-state index in [1.54, 1.807) is 4.68 Å². The molecule has 1 amide bonds. The highest BCUT2D eigenvalue weighted by Crippen LogP contribution is 2.28. The molecule has 0 fully saturated rings. The van der Waals surface area contributed by atoms with Crippen molar-refractivity contribution >= 4 is 17.5 Å². The molecule has 2 aromatic carbocycles. The molecule has 5 nitrogen and oxygen atoms in total. The van der Waals surface area contributed by atoms with E-state index in [0.717, 1.165) is 17.0 Å². The first-order valence-corrected chi connectivity index (χ1v) is 8.91. The average Bonchev–Trinajstić information content (AvgIpc) is 3.06. The van der Waals surface area contributed by atoms with Crippen LogP contribution in [0.4, 0.5) is 0 Å². The maximum atomic E-state index is 12.5. The van der Waals surface area contributed by atoms with Crippen molar-refractivity contribution in [2.75, 3.05) is 6.54 Å². The summed E-state index contributed by atoms with van der Waals surface area (Å²) in [5.41, 5.74) is 2.18. The van der Waals surface area contributed by atoms with Gasteiger partial charge in [0.15, 0.2) is 0 Å². The van der Waals surface area contributed by atoms with Gasteiger partial charge in [0.05, 0.1) is 0 Å². The zero-order valence-electron chi connectivity index (χ0n) is 14.6. The van der Waals surface area contributed by atoms with Crippen molar-refractivity contribution in [3.05, 3.63) is 82.9 Å². The van der Waals surface area contributed by atoms with Gasteiger partial charge in [0.25, 0.3) is 0 Å². The summed E-state index contributed by atoms with van der Waals surface area (Å²) in [4.78, 5) is 16.7. The van der Waals surface area contributed by atoms with Crippen LogP contribution in [0.15, 0.2) is 60.9 Å². The second-order valence-electron chi connectivity index (χ2n) is 6.12. The average molecular weight is 369 g/mol. The molecule has 1 atom stereocenters. The zero-order valence-corrected chi connectivity index (χ0v) is 15.4. The summed E-state index contributed by atoms with van der Waals surface area (Å²) in [5, 5.41) is 7.70. The summed E-state index contributed by atoms with van der Waals surface area (Å²) in [6.45, 7) is 0.535. The Hall–Kier alpha value is -2.66. The number of carbonyl (C=O) groups is 1. The first-order valence-electron chi connectivity index (χ1n) is 8.53. The normalized spacial score (nSPS) is 11.9. The summed E-state index contributed by atoms with van der Waals surface area (Å²) in [6.07, 6.45) is 2.55. The van der Waals surface area contributed by atoms with Gasteiger partial charge in [0.1, 0.15) is 12.2 Å². The molecule has 1 heterocycles. The number of hydrogen-bond acceptors (Lipinski definition) is 3. The topological polar surface area (TPSA) is 59.8 Å². The number of aromatic nitrogens is 3. The van der Waals surface area contributed by atoms with Crippen LogP contribution in [-0.2, 0) is 18.3 Å². The van der Waals surface area contributed by atoms with Gasteiger partial charge in [-0.2, -0.15) is 5.10 Å². The van der Waals surface area contributed by atoms with Gasteiger partial charge in [-0.1, -0.05) is 54.1 Å². The fraction of sp³-hybridized carbons (Fsp3) is 0.250. The molecule has 0 aliphatic heterocycles. The van der Waals surface area contributed by atoms with Gasteiger partial charge in [0, 0.05) is 37.4 Å². The van der Waals surface area contributed by atoms with Gasteiger partial charge >= 0.3 is 0 Å². The molecule has 0 radical (unpaired) electrons. The van der Waals surface area contributed by atoms with E-state index in [9.17, 15) is 4.79 Å². The number of rotatable bonds is 7. The van der Waals surface area contributed by atoms with Crippen LogP contribution in [0, 0.1) is 0 Å². The Balaban J connectivity index is 1.66. The smallest absolute Gasteiger partial charge is 0.220 e. The SMILES string of the molecule is Cn1ncnc1CCNC(=O)CC(c1ccccc1)c1ccc(Cl)cc1. The van der Waals surface area contributed by atoms with Crippen molar-refractivity contribution in [3.8, 4) is 0 Å². The Kier molecular flexibility index (Phi) is 6.02. The van der Waals surface area contributed by atoms with Gasteiger partial charge < -0.3 is 5.32 Å². The quantitative estimate of drug-likeness (QED) is 0.695. The van der Waals surface area contributed by atoms with Crippen molar-refractivity contribution in [2.45, 2.75) is 18.8 Å². The largest absolute Gasteiger partial charge is 0.356 e. The molecule has 1 aromatic heterocycles. The molecule has 1 unspecified atom stereocenters. The Morgan fingerprint density at radius 2 is 1.81 bits per heavy atom. The van der Waals surface area contributed by atoms with Crippen LogP contribution in [0.25, 0.3) is 0 Å². The van der Waals surface area contributed by atoms with E-state index in [2.05, 4.69) is 15.4 Å². The van der Waals surface area contributed by atoms with E-state index in [4.69, 9.17) is 11.6 Å². The monoisotopic (exact) mass is 368 g/mol. The standard InChI is InChI=1S/C20H21ClN4O/c1-25-19(23-14-24-25)11-12-22-20(26)13-18(15-5-3-2-4-6-15)16-7-9-17(21)10-8-16/h2-10,14,18H,11-13H2,1H3,(H,22,26). The number of nitrogens with zero attached hydrogens (tertiary/aromatic N) is 3. The summed E-state index contributed by atoms with van der Waals surface area (Å²) in [6, 6.07) is 17.7. The first-order chi connectivity index (χ1) is 12.6. The highest BCUT2D eigenvalue weighted by Gasteiger charge is 2.18. The number of hydrogen-bond donors (Lipinski definition) is 1. The summed E-state index contributed by atoms with van der Waals surface area (Å²) >= 11 is 6.01.